The molecule has 0 aliphatic heterocycles. The van der Waals surface area contributed by atoms with Gasteiger partial charge in [0.15, 0.2) is 0 Å². The molecule has 0 aliphatic rings. The lowest BCUT2D eigenvalue weighted by atomic mass is 10.3. The van der Waals surface area contributed by atoms with E-state index in [0.29, 0.717) is 5.69 Å². The Labute approximate surface area is 66.5 Å². The minimum Gasteiger partial charge on any atom is -0.323 e. The van der Waals surface area contributed by atoms with Crippen LogP contribution >= 0.6 is 0 Å². The smallest absolute Gasteiger partial charge is 0.269 e. The summed E-state index contributed by atoms with van der Waals surface area (Å²) in [4.78, 5) is 17.6. The van der Waals surface area contributed by atoms with E-state index in [-0.39, 0.29) is 13.0 Å². The van der Waals surface area contributed by atoms with Crippen molar-refractivity contribution in [2.24, 2.45) is 0 Å². The molecule has 3 nitrogen and oxygen atoms in total. The molecule has 0 atom stereocenters. The van der Waals surface area contributed by atoms with E-state index in [4.69, 9.17) is 0 Å². The lowest BCUT2D eigenvalue weighted by Gasteiger charge is -1.97. The predicted molar refractivity (Wildman–Crippen MR) is 45.8 cm³/mol. The summed E-state index contributed by atoms with van der Waals surface area (Å²) in [5.74, 6) is 0. The summed E-state index contributed by atoms with van der Waals surface area (Å²) in [6.45, 7) is 5.41. The number of rotatable bonds is 0. The van der Waals surface area contributed by atoms with E-state index < -0.39 is 0 Å². The van der Waals surface area contributed by atoms with Crippen LogP contribution in [0.4, 0.5) is 0 Å². The second kappa shape index (κ2) is 3.32. The molecule has 0 aliphatic carbocycles. The van der Waals surface area contributed by atoms with Crippen LogP contribution in [0.25, 0.3) is 0 Å². The number of aromatic amines is 1. The Morgan fingerprint density at radius 1 is 1.18 bits per heavy atom. The highest BCUT2D eigenvalue weighted by Gasteiger charge is 1.97. The lowest BCUT2D eigenvalue weighted by Crippen LogP contribution is -2.14. The fraction of sp³-hybridized carbons (Fsp3) is 0.500. The quantitative estimate of drug-likeness (QED) is 0.612. The Bertz CT molecular complexity index is 301. The maximum absolute atomic E-state index is 10.9. The maximum atomic E-state index is 10.9. The van der Waals surface area contributed by atoms with E-state index in [0.717, 1.165) is 11.4 Å². The summed E-state index contributed by atoms with van der Waals surface area (Å²) in [5.41, 5.74) is 2.17. The van der Waals surface area contributed by atoms with Gasteiger partial charge in [0, 0.05) is 5.69 Å². The first-order valence-corrected chi connectivity index (χ1v) is 3.15. The third-order valence-electron chi connectivity index (χ3n) is 1.51. The number of aromatic nitrogens is 2. The van der Waals surface area contributed by atoms with Gasteiger partial charge in [-0.1, -0.05) is 7.43 Å². The highest BCUT2D eigenvalue weighted by Crippen LogP contribution is 1.94. The van der Waals surface area contributed by atoms with Crippen LogP contribution in [-0.2, 0) is 0 Å². The lowest BCUT2D eigenvalue weighted by molar-refractivity contribution is 0.965. The molecule has 1 aromatic heterocycles. The van der Waals surface area contributed by atoms with Gasteiger partial charge in [0.2, 0.25) is 0 Å². The molecule has 0 amide bonds. The van der Waals surface area contributed by atoms with Crippen molar-refractivity contribution in [2.75, 3.05) is 0 Å². The Morgan fingerprint density at radius 3 is 2.18 bits per heavy atom. The van der Waals surface area contributed by atoms with Crippen LogP contribution in [0.15, 0.2) is 4.79 Å². The van der Waals surface area contributed by atoms with Crippen molar-refractivity contribution in [3.05, 3.63) is 27.4 Å². The molecule has 0 fully saturated rings. The Hall–Kier alpha value is -1.12. The van der Waals surface area contributed by atoms with E-state index in [1.807, 2.05) is 13.8 Å². The normalized spacial score (nSPS) is 9.00. The largest absolute Gasteiger partial charge is 0.323 e. The number of aryl methyl sites for hydroxylation is 3. The monoisotopic (exact) mass is 154 g/mol. The van der Waals surface area contributed by atoms with Gasteiger partial charge in [-0.25, -0.2) is 0 Å². The van der Waals surface area contributed by atoms with Gasteiger partial charge in [0.1, 0.15) is 5.69 Å². The molecule has 0 bridgehead atoms. The van der Waals surface area contributed by atoms with Crippen LogP contribution in [0.5, 0.6) is 0 Å². The van der Waals surface area contributed by atoms with Crippen LogP contribution < -0.4 is 5.56 Å². The fourth-order valence-electron chi connectivity index (χ4n) is 0.737. The van der Waals surface area contributed by atoms with Gasteiger partial charge >= 0.3 is 0 Å². The third-order valence-corrected chi connectivity index (χ3v) is 1.51. The second-order valence-electron chi connectivity index (χ2n) is 2.36. The summed E-state index contributed by atoms with van der Waals surface area (Å²) in [7, 11) is 0. The van der Waals surface area contributed by atoms with E-state index in [2.05, 4.69) is 9.97 Å². The number of H-pyrrole nitrogens is 1. The Kier molecular flexibility index (Phi) is 2.99. The summed E-state index contributed by atoms with van der Waals surface area (Å²) < 4.78 is 0. The topological polar surface area (TPSA) is 45.8 Å². The first-order chi connectivity index (χ1) is 4.61. The van der Waals surface area contributed by atoms with Crippen molar-refractivity contribution in [3.8, 4) is 0 Å². The van der Waals surface area contributed by atoms with Crippen molar-refractivity contribution in [3.63, 3.8) is 0 Å². The van der Waals surface area contributed by atoms with Gasteiger partial charge in [-0.05, 0) is 20.8 Å². The molecule has 11 heavy (non-hydrogen) atoms. The van der Waals surface area contributed by atoms with Crippen molar-refractivity contribution in [1.29, 1.82) is 0 Å². The van der Waals surface area contributed by atoms with Gasteiger partial charge in [-0.2, -0.15) is 0 Å². The van der Waals surface area contributed by atoms with Gasteiger partial charge in [0.25, 0.3) is 5.56 Å². The van der Waals surface area contributed by atoms with Crippen molar-refractivity contribution < 1.29 is 0 Å². The molecule has 3 heteroatoms. The van der Waals surface area contributed by atoms with Crippen LogP contribution in [0, 0.1) is 20.8 Å². The van der Waals surface area contributed by atoms with Gasteiger partial charge < -0.3 is 4.98 Å². The second-order valence-corrected chi connectivity index (χ2v) is 2.36. The number of nitrogens with zero attached hydrogens (tertiary/aromatic N) is 1. The average Bonchev–Trinajstić information content (AvgIpc) is 1.84. The maximum Gasteiger partial charge on any atom is 0.269 e. The average molecular weight is 154 g/mol. The standard InChI is InChI=1S/C7H10N2O.CH4/c1-4-5(2)9-7(10)6(3)8-4;/h1-3H3,(H,9,10);1H4. The first kappa shape index (κ1) is 9.88. The SMILES string of the molecule is C.Cc1nc(C)c(=O)[nH]c1C. The highest BCUT2D eigenvalue weighted by atomic mass is 16.1. The van der Waals surface area contributed by atoms with Crippen LogP contribution in [0.2, 0.25) is 0 Å². The molecule has 0 saturated heterocycles. The van der Waals surface area contributed by atoms with Gasteiger partial charge in [-0.3, -0.25) is 9.78 Å². The zero-order chi connectivity index (χ0) is 7.72. The number of hydrogen-bond donors (Lipinski definition) is 1. The zero-order valence-electron chi connectivity index (χ0n) is 6.36. The molecule has 1 rings (SSSR count). The van der Waals surface area contributed by atoms with Crippen LogP contribution in [0.3, 0.4) is 0 Å². The van der Waals surface area contributed by atoms with Crippen LogP contribution in [0.1, 0.15) is 24.5 Å². The molecule has 1 heterocycles. The molecule has 0 unspecified atom stereocenters. The minimum atomic E-state index is -0.0944. The van der Waals surface area contributed by atoms with Gasteiger partial charge in [0.05, 0.1) is 5.69 Å². The molecule has 1 aromatic rings. The highest BCUT2D eigenvalue weighted by molar-refractivity contribution is 5.09. The summed E-state index contributed by atoms with van der Waals surface area (Å²) in [6.07, 6.45) is 0. The molecule has 0 spiro atoms. The van der Waals surface area contributed by atoms with Crippen LogP contribution in [-0.4, -0.2) is 9.97 Å². The number of hydrogen-bond acceptors (Lipinski definition) is 2. The summed E-state index contributed by atoms with van der Waals surface area (Å²) in [6, 6.07) is 0. The van der Waals surface area contributed by atoms with Crippen molar-refractivity contribution >= 4 is 0 Å². The Morgan fingerprint density at radius 2 is 1.73 bits per heavy atom. The van der Waals surface area contributed by atoms with E-state index in [1.165, 1.54) is 0 Å². The molecule has 62 valence electrons. The third kappa shape index (κ3) is 1.90. The van der Waals surface area contributed by atoms with E-state index in [9.17, 15) is 4.79 Å². The van der Waals surface area contributed by atoms with Crippen molar-refractivity contribution in [2.45, 2.75) is 28.2 Å². The predicted octanol–water partition coefficient (Wildman–Crippen LogP) is 1.33. The molecule has 0 aromatic carbocycles. The molecule has 0 saturated carbocycles. The Balaban J connectivity index is 0.000001000. The van der Waals surface area contributed by atoms with Gasteiger partial charge in [-0.15, -0.1) is 0 Å². The summed E-state index contributed by atoms with van der Waals surface area (Å²) >= 11 is 0. The van der Waals surface area contributed by atoms with E-state index >= 15 is 0 Å². The molecule has 0 radical (unpaired) electrons. The molecular formula is C8H14N2O. The molecular weight excluding hydrogens is 140 g/mol. The molecule has 1 N–H and O–H groups in total. The number of nitrogens with one attached hydrogen (secondary N) is 1. The summed E-state index contributed by atoms with van der Waals surface area (Å²) in [5, 5.41) is 0. The van der Waals surface area contributed by atoms with Crippen molar-refractivity contribution in [1.82, 2.24) is 9.97 Å². The zero-order valence-corrected chi connectivity index (χ0v) is 6.36. The first-order valence-electron chi connectivity index (χ1n) is 3.15. The van der Waals surface area contributed by atoms with E-state index in [1.54, 1.807) is 6.92 Å². The minimum absolute atomic E-state index is 0. The fourth-order valence-corrected chi connectivity index (χ4v) is 0.737.